The van der Waals surface area contributed by atoms with Gasteiger partial charge in [-0.05, 0) is 26.3 Å². The molecule has 1 atom stereocenters. The molecule has 1 N–H and O–H groups in total. The molecule has 0 aromatic rings. The van der Waals surface area contributed by atoms with Crippen molar-refractivity contribution in [2.45, 2.75) is 31.9 Å². The Morgan fingerprint density at radius 2 is 2.36 bits per heavy atom. The van der Waals surface area contributed by atoms with E-state index >= 15 is 0 Å². The fourth-order valence-electron chi connectivity index (χ4n) is 1.87. The van der Waals surface area contributed by atoms with Crippen molar-refractivity contribution in [3.63, 3.8) is 0 Å². The smallest absolute Gasteiger partial charge is 0.221 e. The summed E-state index contributed by atoms with van der Waals surface area (Å²) in [5.41, 5.74) is -1.07. The number of rotatable bonds is 3. The molecule has 14 heavy (non-hydrogen) atoms. The van der Waals surface area contributed by atoms with Gasteiger partial charge in [0.1, 0.15) is 5.67 Å². The van der Waals surface area contributed by atoms with Crippen LogP contribution in [0.2, 0.25) is 0 Å². The summed E-state index contributed by atoms with van der Waals surface area (Å²) in [5, 5.41) is 2.57. The number of piperidine rings is 1. The lowest BCUT2D eigenvalue weighted by Crippen LogP contribution is -2.44. The standard InChI is InChI=1S/C10H19FN2O/c1-10(11)5-3-6-13(8-10)7-4-9(14)12-2/h3-8H2,1-2H3,(H,12,14)/t10-/m1/s1. The number of amides is 1. The Morgan fingerprint density at radius 1 is 1.64 bits per heavy atom. The van der Waals surface area contributed by atoms with Crippen LogP contribution >= 0.6 is 0 Å². The van der Waals surface area contributed by atoms with Crippen molar-refractivity contribution in [1.82, 2.24) is 10.2 Å². The van der Waals surface area contributed by atoms with Gasteiger partial charge in [-0.3, -0.25) is 9.69 Å². The lowest BCUT2D eigenvalue weighted by Gasteiger charge is -2.34. The summed E-state index contributed by atoms with van der Waals surface area (Å²) < 4.78 is 13.6. The Hall–Kier alpha value is -0.640. The third-order valence-electron chi connectivity index (χ3n) is 2.66. The van der Waals surface area contributed by atoms with Gasteiger partial charge in [0.05, 0.1) is 0 Å². The Bertz CT molecular complexity index is 206. The van der Waals surface area contributed by atoms with Crippen molar-refractivity contribution in [2.75, 3.05) is 26.7 Å². The first kappa shape index (κ1) is 11.4. The molecule has 3 nitrogen and oxygen atoms in total. The zero-order chi connectivity index (χ0) is 10.6. The molecule has 1 fully saturated rings. The molecule has 0 radical (unpaired) electrons. The molecule has 1 aliphatic rings. The van der Waals surface area contributed by atoms with Crippen LogP contribution in [0, 0.1) is 0 Å². The molecule has 82 valence electrons. The van der Waals surface area contributed by atoms with E-state index in [9.17, 15) is 9.18 Å². The molecule has 1 saturated heterocycles. The number of alkyl halides is 1. The van der Waals surface area contributed by atoms with Crippen molar-refractivity contribution in [3.05, 3.63) is 0 Å². The predicted molar refractivity (Wildman–Crippen MR) is 53.9 cm³/mol. The van der Waals surface area contributed by atoms with Gasteiger partial charge in [0.2, 0.25) is 5.91 Å². The second-order valence-corrected chi connectivity index (χ2v) is 4.22. The summed E-state index contributed by atoms with van der Waals surface area (Å²) in [4.78, 5) is 13.0. The van der Waals surface area contributed by atoms with Crippen LogP contribution in [0.3, 0.4) is 0 Å². The van der Waals surface area contributed by atoms with E-state index in [4.69, 9.17) is 0 Å². The van der Waals surface area contributed by atoms with Crippen LogP contribution in [-0.2, 0) is 4.79 Å². The van der Waals surface area contributed by atoms with Gasteiger partial charge in [-0.25, -0.2) is 4.39 Å². The largest absolute Gasteiger partial charge is 0.359 e. The summed E-state index contributed by atoms with van der Waals surface area (Å²) >= 11 is 0. The zero-order valence-electron chi connectivity index (χ0n) is 8.98. The van der Waals surface area contributed by atoms with Crippen molar-refractivity contribution >= 4 is 5.91 Å². The third-order valence-corrected chi connectivity index (χ3v) is 2.66. The molecule has 1 aliphatic heterocycles. The first-order valence-electron chi connectivity index (χ1n) is 5.15. The molecule has 1 amide bonds. The number of likely N-dealkylation sites (tertiary alicyclic amines) is 1. The minimum Gasteiger partial charge on any atom is -0.359 e. The van der Waals surface area contributed by atoms with Gasteiger partial charge in [-0.2, -0.15) is 0 Å². The van der Waals surface area contributed by atoms with Crippen molar-refractivity contribution < 1.29 is 9.18 Å². The number of hydrogen-bond acceptors (Lipinski definition) is 2. The molecular formula is C10H19FN2O. The number of nitrogens with one attached hydrogen (secondary N) is 1. The van der Waals surface area contributed by atoms with Gasteiger partial charge in [-0.15, -0.1) is 0 Å². The topological polar surface area (TPSA) is 32.3 Å². The second-order valence-electron chi connectivity index (χ2n) is 4.22. The summed E-state index contributed by atoms with van der Waals surface area (Å²) in [7, 11) is 1.62. The fraction of sp³-hybridized carbons (Fsp3) is 0.900. The molecule has 0 saturated carbocycles. The van der Waals surface area contributed by atoms with Crippen LogP contribution in [0.25, 0.3) is 0 Å². The predicted octanol–water partition coefficient (Wildman–Crippen LogP) is 0.946. The van der Waals surface area contributed by atoms with E-state index < -0.39 is 5.67 Å². The highest BCUT2D eigenvalue weighted by Gasteiger charge is 2.30. The molecule has 0 spiro atoms. The molecular weight excluding hydrogens is 183 g/mol. The number of carbonyl (C=O) groups excluding carboxylic acids is 1. The van der Waals surface area contributed by atoms with E-state index in [0.29, 0.717) is 25.9 Å². The molecule has 1 rings (SSSR count). The summed E-state index contributed by atoms with van der Waals surface area (Å²) in [5.74, 6) is 0.0242. The molecule has 4 heteroatoms. The zero-order valence-corrected chi connectivity index (χ0v) is 8.98. The highest BCUT2D eigenvalue weighted by Crippen LogP contribution is 2.24. The van der Waals surface area contributed by atoms with Crippen molar-refractivity contribution in [3.8, 4) is 0 Å². The van der Waals surface area contributed by atoms with E-state index in [1.54, 1.807) is 14.0 Å². The number of hydrogen-bond donors (Lipinski definition) is 1. The number of carbonyl (C=O) groups is 1. The maximum absolute atomic E-state index is 13.6. The van der Waals surface area contributed by atoms with Crippen LogP contribution in [-0.4, -0.2) is 43.2 Å². The van der Waals surface area contributed by atoms with Gasteiger partial charge in [-0.1, -0.05) is 0 Å². The van der Waals surface area contributed by atoms with Crippen LogP contribution in [0.15, 0.2) is 0 Å². The molecule has 0 aromatic carbocycles. The summed E-state index contributed by atoms with van der Waals surface area (Å²) in [6.07, 6.45) is 2.00. The summed E-state index contributed by atoms with van der Waals surface area (Å²) in [6.45, 7) is 3.68. The van der Waals surface area contributed by atoms with Crippen LogP contribution in [0.5, 0.6) is 0 Å². The maximum atomic E-state index is 13.6. The molecule has 0 aliphatic carbocycles. The maximum Gasteiger partial charge on any atom is 0.221 e. The minimum atomic E-state index is -1.07. The van der Waals surface area contributed by atoms with Gasteiger partial charge >= 0.3 is 0 Å². The van der Waals surface area contributed by atoms with Gasteiger partial charge in [0, 0.05) is 26.6 Å². The highest BCUT2D eigenvalue weighted by atomic mass is 19.1. The monoisotopic (exact) mass is 202 g/mol. The quantitative estimate of drug-likeness (QED) is 0.739. The lowest BCUT2D eigenvalue weighted by atomic mass is 9.97. The van der Waals surface area contributed by atoms with Gasteiger partial charge < -0.3 is 5.32 Å². The Balaban J connectivity index is 2.28. The second kappa shape index (κ2) is 4.73. The van der Waals surface area contributed by atoms with E-state index in [1.807, 2.05) is 4.90 Å². The first-order chi connectivity index (χ1) is 6.53. The normalized spacial score (nSPS) is 28.8. The van der Waals surface area contributed by atoms with E-state index in [0.717, 1.165) is 13.0 Å². The average molecular weight is 202 g/mol. The average Bonchev–Trinajstić information content (AvgIpc) is 2.12. The van der Waals surface area contributed by atoms with E-state index in [2.05, 4.69) is 5.32 Å². The van der Waals surface area contributed by atoms with Crippen molar-refractivity contribution in [1.29, 1.82) is 0 Å². The Kier molecular flexibility index (Phi) is 3.86. The van der Waals surface area contributed by atoms with Crippen LogP contribution in [0.1, 0.15) is 26.2 Å². The lowest BCUT2D eigenvalue weighted by molar-refractivity contribution is -0.121. The van der Waals surface area contributed by atoms with Gasteiger partial charge in [0.15, 0.2) is 0 Å². The molecule has 0 aromatic heterocycles. The van der Waals surface area contributed by atoms with Crippen LogP contribution in [0.4, 0.5) is 4.39 Å². The van der Waals surface area contributed by atoms with E-state index in [1.165, 1.54) is 0 Å². The molecule has 0 bridgehead atoms. The fourth-order valence-corrected chi connectivity index (χ4v) is 1.87. The minimum absolute atomic E-state index is 0.0242. The van der Waals surface area contributed by atoms with Crippen LogP contribution < -0.4 is 5.32 Å². The Labute approximate surface area is 84.7 Å². The first-order valence-corrected chi connectivity index (χ1v) is 5.15. The third kappa shape index (κ3) is 3.62. The number of nitrogens with zero attached hydrogens (tertiary/aromatic N) is 1. The molecule has 1 heterocycles. The van der Waals surface area contributed by atoms with Crippen molar-refractivity contribution in [2.24, 2.45) is 0 Å². The highest BCUT2D eigenvalue weighted by molar-refractivity contribution is 5.75. The SMILES string of the molecule is CNC(=O)CCN1CCC[C@@](C)(F)C1. The Morgan fingerprint density at radius 3 is 2.93 bits per heavy atom. The number of halogens is 1. The van der Waals surface area contributed by atoms with Gasteiger partial charge in [0.25, 0.3) is 0 Å². The molecule has 0 unspecified atom stereocenters. The summed E-state index contributed by atoms with van der Waals surface area (Å²) in [6, 6.07) is 0. The van der Waals surface area contributed by atoms with E-state index in [-0.39, 0.29) is 5.91 Å².